The highest BCUT2D eigenvalue weighted by Gasteiger charge is 2.27. The highest BCUT2D eigenvalue weighted by atomic mass is 32.2. The molecule has 0 bridgehead atoms. The molecule has 0 spiro atoms. The third-order valence-electron chi connectivity index (χ3n) is 4.39. The maximum atomic E-state index is 13.0. The van der Waals surface area contributed by atoms with Crippen LogP contribution in [0.25, 0.3) is 10.9 Å². The van der Waals surface area contributed by atoms with Gasteiger partial charge in [0.05, 0.1) is 16.2 Å². The molecule has 1 aliphatic rings. The zero-order chi connectivity index (χ0) is 18.7. The Bertz CT molecular complexity index is 845. The molecular weight excluding hydrogens is 348 g/mol. The number of carbonyl (C=O) groups is 1. The Morgan fingerprint density at radius 1 is 1.38 bits per heavy atom. The van der Waals surface area contributed by atoms with Crippen molar-refractivity contribution in [2.24, 2.45) is 0 Å². The number of aromatic nitrogens is 2. The van der Waals surface area contributed by atoms with Gasteiger partial charge in [0.2, 0.25) is 5.91 Å². The number of hydrogen-bond donors (Lipinski definition) is 1. The molecule has 1 saturated carbocycles. The third kappa shape index (κ3) is 4.65. The lowest BCUT2D eigenvalue weighted by Gasteiger charge is -2.17. The average molecular weight is 375 g/mol. The summed E-state index contributed by atoms with van der Waals surface area (Å²) in [5.74, 6) is 0.0137. The van der Waals surface area contributed by atoms with Crippen molar-refractivity contribution in [2.45, 2.75) is 49.2 Å². The Balaban J connectivity index is 1.87. The van der Waals surface area contributed by atoms with Gasteiger partial charge in [-0.3, -0.25) is 14.2 Å². The Morgan fingerprint density at radius 2 is 2.12 bits per heavy atom. The molecule has 26 heavy (non-hydrogen) atoms. The second-order valence-electron chi connectivity index (χ2n) is 7.07. The summed E-state index contributed by atoms with van der Waals surface area (Å²) in [5, 5.41) is 3.97. The Morgan fingerprint density at radius 3 is 2.81 bits per heavy atom. The summed E-state index contributed by atoms with van der Waals surface area (Å²) in [6.07, 6.45) is 2.97. The number of benzene rings is 1. The quantitative estimate of drug-likeness (QED) is 0.566. The largest absolute Gasteiger partial charge is 0.352 e. The predicted octanol–water partition coefficient (Wildman–Crippen LogP) is 2.11. The summed E-state index contributed by atoms with van der Waals surface area (Å²) < 4.78 is 1.72. The van der Waals surface area contributed by atoms with E-state index in [0.29, 0.717) is 28.6 Å². The summed E-state index contributed by atoms with van der Waals surface area (Å²) in [7, 11) is 4.03. The van der Waals surface area contributed by atoms with E-state index in [1.807, 2.05) is 45.3 Å². The molecule has 0 radical (unpaired) electrons. The van der Waals surface area contributed by atoms with Crippen molar-refractivity contribution < 1.29 is 4.79 Å². The zero-order valence-corrected chi connectivity index (χ0v) is 16.4. The monoisotopic (exact) mass is 374 g/mol. The lowest BCUT2D eigenvalue weighted by atomic mass is 10.2. The zero-order valence-electron chi connectivity index (χ0n) is 15.6. The van der Waals surface area contributed by atoms with Crippen LogP contribution in [0, 0.1) is 0 Å². The lowest BCUT2D eigenvalue weighted by Crippen LogP contribution is -2.33. The second kappa shape index (κ2) is 8.22. The SMILES string of the molecule is C[C@H](Sc1nc2ccccc2c(=O)n1CCCN(C)C)C(=O)NC1CC1. The van der Waals surface area contributed by atoms with Gasteiger partial charge in [-0.25, -0.2) is 4.98 Å². The molecule has 0 saturated heterocycles. The van der Waals surface area contributed by atoms with Crippen molar-refractivity contribution >= 4 is 28.6 Å². The smallest absolute Gasteiger partial charge is 0.262 e. The van der Waals surface area contributed by atoms with Gasteiger partial charge in [0, 0.05) is 12.6 Å². The number of hydrogen-bond acceptors (Lipinski definition) is 5. The van der Waals surface area contributed by atoms with Crippen molar-refractivity contribution in [3.63, 3.8) is 0 Å². The maximum Gasteiger partial charge on any atom is 0.262 e. The molecule has 1 aromatic heterocycles. The molecule has 7 heteroatoms. The summed E-state index contributed by atoms with van der Waals surface area (Å²) >= 11 is 1.36. The molecule has 1 N–H and O–H groups in total. The van der Waals surface area contributed by atoms with Crippen LogP contribution >= 0.6 is 11.8 Å². The third-order valence-corrected chi connectivity index (χ3v) is 5.48. The fourth-order valence-corrected chi connectivity index (χ4v) is 3.68. The number of nitrogens with zero attached hydrogens (tertiary/aromatic N) is 3. The molecule has 1 fully saturated rings. The van der Waals surface area contributed by atoms with Crippen LogP contribution < -0.4 is 10.9 Å². The number of thioether (sulfide) groups is 1. The second-order valence-corrected chi connectivity index (χ2v) is 8.38. The van der Waals surface area contributed by atoms with Crippen LogP contribution in [0.15, 0.2) is 34.2 Å². The summed E-state index contributed by atoms with van der Waals surface area (Å²) in [4.78, 5) is 32.0. The van der Waals surface area contributed by atoms with Gasteiger partial charge < -0.3 is 10.2 Å². The highest BCUT2D eigenvalue weighted by molar-refractivity contribution is 8.00. The predicted molar refractivity (Wildman–Crippen MR) is 106 cm³/mol. The standard InChI is InChI=1S/C19H26N4O2S/c1-13(17(24)20-14-9-10-14)26-19-21-16-8-5-4-7-15(16)18(25)23(19)12-6-11-22(2)3/h4-5,7-8,13-14H,6,9-12H2,1-3H3,(H,20,24)/t13-/m0/s1. The van der Waals surface area contributed by atoms with Crippen LogP contribution in [-0.4, -0.2) is 52.3 Å². The number of fused-ring (bicyclic) bond motifs is 1. The first-order valence-corrected chi connectivity index (χ1v) is 9.95. The van der Waals surface area contributed by atoms with E-state index in [4.69, 9.17) is 0 Å². The molecule has 1 heterocycles. The van der Waals surface area contributed by atoms with Gasteiger partial charge >= 0.3 is 0 Å². The molecule has 6 nitrogen and oxygen atoms in total. The van der Waals surface area contributed by atoms with Crippen LogP contribution in [0.4, 0.5) is 0 Å². The van der Waals surface area contributed by atoms with E-state index in [-0.39, 0.29) is 16.7 Å². The van der Waals surface area contributed by atoms with Gasteiger partial charge in [-0.2, -0.15) is 0 Å². The topological polar surface area (TPSA) is 67.2 Å². The summed E-state index contributed by atoms with van der Waals surface area (Å²) in [6.45, 7) is 3.35. The number of amides is 1. The van der Waals surface area contributed by atoms with Gasteiger partial charge in [0.15, 0.2) is 5.16 Å². The van der Waals surface area contributed by atoms with Crippen molar-refractivity contribution in [3.8, 4) is 0 Å². The highest BCUT2D eigenvalue weighted by Crippen LogP contribution is 2.25. The molecule has 0 aliphatic heterocycles. The van der Waals surface area contributed by atoms with E-state index < -0.39 is 0 Å². The summed E-state index contributed by atoms with van der Waals surface area (Å²) in [5.41, 5.74) is 0.644. The van der Waals surface area contributed by atoms with E-state index >= 15 is 0 Å². The van der Waals surface area contributed by atoms with Crippen molar-refractivity contribution in [1.29, 1.82) is 0 Å². The Kier molecular flexibility index (Phi) is 5.98. The van der Waals surface area contributed by atoms with Crippen molar-refractivity contribution in [2.75, 3.05) is 20.6 Å². The Hall–Kier alpha value is -1.86. The van der Waals surface area contributed by atoms with Gasteiger partial charge in [-0.05, 0) is 59.0 Å². The Labute approximate surface area is 158 Å². The number of carbonyl (C=O) groups excluding carboxylic acids is 1. The molecule has 0 unspecified atom stereocenters. The van der Waals surface area contributed by atoms with E-state index in [0.717, 1.165) is 25.8 Å². The first-order chi connectivity index (χ1) is 12.5. The summed E-state index contributed by atoms with van der Waals surface area (Å²) in [6, 6.07) is 7.72. The molecule has 3 rings (SSSR count). The number of rotatable bonds is 8. The van der Waals surface area contributed by atoms with Gasteiger partial charge in [0.1, 0.15) is 0 Å². The van der Waals surface area contributed by atoms with Gasteiger partial charge in [-0.15, -0.1) is 0 Å². The van der Waals surface area contributed by atoms with E-state index in [9.17, 15) is 9.59 Å². The van der Waals surface area contributed by atoms with Crippen LogP contribution in [0.3, 0.4) is 0 Å². The molecule has 1 aliphatic carbocycles. The number of nitrogens with one attached hydrogen (secondary N) is 1. The van der Waals surface area contributed by atoms with E-state index in [1.165, 1.54) is 11.8 Å². The molecule has 1 amide bonds. The van der Waals surface area contributed by atoms with Crippen LogP contribution in [0.5, 0.6) is 0 Å². The minimum absolute atomic E-state index is 0.0137. The molecule has 1 aromatic carbocycles. The van der Waals surface area contributed by atoms with Crippen LogP contribution in [-0.2, 0) is 11.3 Å². The van der Waals surface area contributed by atoms with Crippen LogP contribution in [0.1, 0.15) is 26.2 Å². The fourth-order valence-electron chi connectivity index (χ4n) is 2.74. The molecule has 140 valence electrons. The van der Waals surface area contributed by atoms with Gasteiger partial charge in [0.25, 0.3) is 5.56 Å². The minimum atomic E-state index is -0.288. The maximum absolute atomic E-state index is 13.0. The minimum Gasteiger partial charge on any atom is -0.352 e. The average Bonchev–Trinajstić information content (AvgIpc) is 3.41. The van der Waals surface area contributed by atoms with Crippen molar-refractivity contribution in [1.82, 2.24) is 19.8 Å². The van der Waals surface area contributed by atoms with E-state index in [2.05, 4.69) is 15.2 Å². The normalized spacial score (nSPS) is 15.4. The first kappa shape index (κ1) is 18.9. The van der Waals surface area contributed by atoms with E-state index in [1.54, 1.807) is 4.57 Å². The lowest BCUT2D eigenvalue weighted by molar-refractivity contribution is -0.120. The first-order valence-electron chi connectivity index (χ1n) is 9.07. The number of para-hydroxylation sites is 1. The molecule has 2 aromatic rings. The van der Waals surface area contributed by atoms with Crippen LogP contribution in [0.2, 0.25) is 0 Å². The molecular formula is C19H26N4O2S. The van der Waals surface area contributed by atoms with Crippen molar-refractivity contribution in [3.05, 3.63) is 34.6 Å². The van der Waals surface area contributed by atoms with Gasteiger partial charge in [-0.1, -0.05) is 23.9 Å². The fraction of sp³-hybridized carbons (Fsp3) is 0.526. The molecule has 1 atom stereocenters.